The first-order valence-corrected chi connectivity index (χ1v) is 8.26. The Kier molecular flexibility index (Phi) is 3.97. The second kappa shape index (κ2) is 6.43. The molecular formula is C18H20N6O. The molecule has 0 aliphatic heterocycles. The van der Waals surface area contributed by atoms with Crippen molar-refractivity contribution in [1.82, 2.24) is 19.5 Å². The lowest BCUT2D eigenvalue weighted by atomic mass is 10.2. The first-order chi connectivity index (χ1) is 12.2. The molecule has 0 unspecified atom stereocenters. The number of hydrogen-bond acceptors (Lipinski definition) is 6. The maximum Gasteiger partial charge on any atom is 0.213 e. The molecule has 3 aromatic rings. The molecule has 7 nitrogen and oxygen atoms in total. The van der Waals surface area contributed by atoms with E-state index in [1.165, 1.54) is 12.8 Å². The van der Waals surface area contributed by atoms with E-state index < -0.39 is 0 Å². The Labute approximate surface area is 146 Å². The van der Waals surface area contributed by atoms with Crippen LogP contribution >= 0.6 is 0 Å². The van der Waals surface area contributed by atoms with E-state index in [2.05, 4.69) is 25.6 Å². The lowest BCUT2D eigenvalue weighted by molar-refractivity contribution is 0.414. The van der Waals surface area contributed by atoms with E-state index in [-0.39, 0.29) is 0 Å². The third-order valence-corrected chi connectivity index (χ3v) is 4.01. The van der Waals surface area contributed by atoms with Crippen molar-refractivity contribution < 1.29 is 4.74 Å². The van der Waals surface area contributed by atoms with Gasteiger partial charge in [0.05, 0.1) is 7.11 Å². The highest BCUT2D eigenvalue weighted by Crippen LogP contribution is 2.26. The number of anilines is 3. The van der Waals surface area contributed by atoms with Crippen LogP contribution in [-0.4, -0.2) is 32.7 Å². The second-order valence-corrected chi connectivity index (χ2v) is 6.16. The summed E-state index contributed by atoms with van der Waals surface area (Å²) < 4.78 is 7.23. The molecule has 0 radical (unpaired) electrons. The Hall–Kier alpha value is -3.09. The quantitative estimate of drug-likeness (QED) is 0.719. The molecule has 1 aliphatic carbocycles. The molecule has 25 heavy (non-hydrogen) atoms. The summed E-state index contributed by atoms with van der Waals surface area (Å²) in [4.78, 5) is 13.1. The highest BCUT2D eigenvalue weighted by molar-refractivity contribution is 5.59. The molecule has 7 heteroatoms. The Bertz CT molecular complexity index is 887. The average molecular weight is 336 g/mol. The van der Waals surface area contributed by atoms with Crippen LogP contribution in [0.15, 0.2) is 43.0 Å². The van der Waals surface area contributed by atoms with Crippen molar-refractivity contribution >= 4 is 17.5 Å². The van der Waals surface area contributed by atoms with Crippen LogP contribution in [0.3, 0.4) is 0 Å². The molecule has 1 aromatic carbocycles. The van der Waals surface area contributed by atoms with E-state index in [4.69, 9.17) is 4.74 Å². The number of nitrogens with one attached hydrogen (secondary N) is 2. The molecule has 0 saturated heterocycles. The van der Waals surface area contributed by atoms with Crippen LogP contribution in [0.2, 0.25) is 0 Å². The normalized spacial score (nSPS) is 13.5. The summed E-state index contributed by atoms with van der Waals surface area (Å²) in [6.07, 6.45) is 7.59. The van der Waals surface area contributed by atoms with Gasteiger partial charge in [0.25, 0.3) is 0 Å². The number of aromatic nitrogens is 4. The predicted octanol–water partition coefficient (Wildman–Crippen LogP) is 3.30. The summed E-state index contributed by atoms with van der Waals surface area (Å²) in [7, 11) is 1.66. The van der Waals surface area contributed by atoms with Crippen LogP contribution in [0, 0.1) is 6.92 Å². The fraction of sp³-hybridized carbons (Fsp3) is 0.278. The number of nitrogens with zero attached hydrogens (tertiary/aromatic N) is 4. The van der Waals surface area contributed by atoms with Crippen molar-refractivity contribution in [2.75, 3.05) is 17.7 Å². The standard InChI is InChI=1S/C18H20N6O/c1-12-7-14(9-15(8-12)25-2)23-18-19-5-6-24(18)17-10-16(20-11-21-17)22-13-3-4-13/h5-11,13H,3-4H2,1-2H3,(H,19,23)(H,20,21,22). The molecule has 2 aromatic heterocycles. The highest BCUT2D eigenvalue weighted by Gasteiger charge is 2.21. The van der Waals surface area contributed by atoms with Crippen molar-refractivity contribution in [1.29, 1.82) is 0 Å². The Morgan fingerprint density at radius 3 is 2.80 bits per heavy atom. The van der Waals surface area contributed by atoms with Crippen molar-refractivity contribution in [2.24, 2.45) is 0 Å². The molecular weight excluding hydrogens is 316 g/mol. The van der Waals surface area contributed by atoms with Gasteiger partial charge in [-0.25, -0.2) is 15.0 Å². The van der Waals surface area contributed by atoms with Crippen LogP contribution in [0.25, 0.3) is 5.82 Å². The van der Waals surface area contributed by atoms with Gasteiger partial charge in [-0.15, -0.1) is 0 Å². The van der Waals surface area contributed by atoms with Crippen molar-refractivity contribution in [3.05, 3.63) is 48.5 Å². The number of hydrogen-bond donors (Lipinski definition) is 2. The van der Waals surface area contributed by atoms with Gasteiger partial charge in [0.1, 0.15) is 23.7 Å². The molecule has 0 atom stereocenters. The first kappa shape index (κ1) is 15.4. The van der Waals surface area contributed by atoms with E-state index in [0.29, 0.717) is 12.0 Å². The van der Waals surface area contributed by atoms with Gasteiger partial charge < -0.3 is 15.4 Å². The van der Waals surface area contributed by atoms with Gasteiger partial charge >= 0.3 is 0 Å². The summed E-state index contributed by atoms with van der Waals surface area (Å²) in [5, 5.41) is 6.72. The Balaban J connectivity index is 1.61. The summed E-state index contributed by atoms with van der Waals surface area (Å²) in [6, 6.07) is 8.44. The summed E-state index contributed by atoms with van der Waals surface area (Å²) in [5.74, 6) is 3.09. The number of benzene rings is 1. The van der Waals surface area contributed by atoms with Crippen molar-refractivity contribution in [3.63, 3.8) is 0 Å². The Morgan fingerprint density at radius 2 is 2.00 bits per heavy atom. The molecule has 2 N–H and O–H groups in total. The number of methoxy groups -OCH3 is 1. The molecule has 1 aliphatic rings. The summed E-state index contributed by atoms with van der Waals surface area (Å²) >= 11 is 0. The fourth-order valence-electron chi connectivity index (χ4n) is 2.64. The minimum absolute atomic E-state index is 0.544. The van der Waals surface area contributed by atoms with Crippen LogP contribution in [-0.2, 0) is 0 Å². The topological polar surface area (TPSA) is 76.9 Å². The fourth-order valence-corrected chi connectivity index (χ4v) is 2.64. The predicted molar refractivity (Wildman–Crippen MR) is 96.8 cm³/mol. The second-order valence-electron chi connectivity index (χ2n) is 6.16. The Morgan fingerprint density at radius 1 is 1.12 bits per heavy atom. The number of ether oxygens (including phenoxy) is 1. The van der Waals surface area contributed by atoms with E-state index in [1.807, 2.05) is 42.0 Å². The maximum atomic E-state index is 5.33. The van der Waals surface area contributed by atoms with Crippen molar-refractivity contribution in [2.45, 2.75) is 25.8 Å². The molecule has 0 amide bonds. The lowest BCUT2D eigenvalue weighted by Gasteiger charge is -2.12. The molecule has 2 heterocycles. The lowest BCUT2D eigenvalue weighted by Crippen LogP contribution is -2.07. The number of imidazole rings is 1. The zero-order valence-corrected chi connectivity index (χ0v) is 14.2. The van der Waals surface area contributed by atoms with Crippen LogP contribution < -0.4 is 15.4 Å². The summed E-state index contributed by atoms with van der Waals surface area (Å²) in [6.45, 7) is 2.03. The van der Waals surface area contributed by atoms with E-state index in [0.717, 1.165) is 28.6 Å². The maximum absolute atomic E-state index is 5.33. The SMILES string of the molecule is COc1cc(C)cc(Nc2nccn2-c2cc(NC3CC3)ncn2)c1. The van der Waals surface area contributed by atoms with Gasteiger partial charge in [-0.1, -0.05) is 0 Å². The third kappa shape index (κ3) is 3.55. The van der Waals surface area contributed by atoms with Crippen molar-refractivity contribution in [3.8, 4) is 11.6 Å². The third-order valence-electron chi connectivity index (χ3n) is 4.01. The molecule has 0 bridgehead atoms. The average Bonchev–Trinajstić information content (AvgIpc) is 3.30. The van der Waals surface area contributed by atoms with Gasteiger partial charge in [-0.3, -0.25) is 4.57 Å². The van der Waals surface area contributed by atoms with Crippen LogP contribution in [0.5, 0.6) is 5.75 Å². The van der Waals surface area contributed by atoms with Gasteiger partial charge in [-0.05, 0) is 37.5 Å². The zero-order chi connectivity index (χ0) is 17.2. The number of aryl methyl sites for hydroxylation is 1. The minimum Gasteiger partial charge on any atom is -0.497 e. The van der Waals surface area contributed by atoms with Crippen LogP contribution in [0.1, 0.15) is 18.4 Å². The molecule has 128 valence electrons. The highest BCUT2D eigenvalue weighted by atomic mass is 16.5. The largest absolute Gasteiger partial charge is 0.497 e. The first-order valence-electron chi connectivity index (χ1n) is 8.26. The molecule has 1 fully saturated rings. The van der Waals surface area contributed by atoms with Gasteiger partial charge in [0, 0.05) is 36.3 Å². The van der Waals surface area contributed by atoms with E-state index >= 15 is 0 Å². The molecule has 0 spiro atoms. The van der Waals surface area contributed by atoms with Gasteiger partial charge in [-0.2, -0.15) is 0 Å². The summed E-state index contributed by atoms with van der Waals surface area (Å²) in [5.41, 5.74) is 2.02. The number of rotatable bonds is 6. The monoisotopic (exact) mass is 336 g/mol. The van der Waals surface area contributed by atoms with E-state index in [1.54, 1.807) is 19.6 Å². The van der Waals surface area contributed by atoms with Gasteiger partial charge in [0.15, 0.2) is 0 Å². The van der Waals surface area contributed by atoms with Gasteiger partial charge in [0.2, 0.25) is 5.95 Å². The smallest absolute Gasteiger partial charge is 0.213 e. The zero-order valence-electron chi connectivity index (χ0n) is 14.2. The molecule has 4 rings (SSSR count). The van der Waals surface area contributed by atoms with E-state index in [9.17, 15) is 0 Å². The molecule has 1 saturated carbocycles. The minimum atomic E-state index is 0.544. The van der Waals surface area contributed by atoms with Crippen LogP contribution in [0.4, 0.5) is 17.5 Å².